The van der Waals surface area contributed by atoms with E-state index in [1.165, 1.54) is 0 Å². The fraction of sp³-hybridized carbons (Fsp3) is 0.857. The normalized spacial score (nSPS) is 28.4. The van der Waals surface area contributed by atoms with Crippen LogP contribution in [0.3, 0.4) is 0 Å². The minimum absolute atomic E-state index is 0.0422. The second-order valence-corrected chi connectivity index (χ2v) is 5.85. The van der Waals surface area contributed by atoms with Gasteiger partial charge in [-0.15, -0.1) is 0 Å². The number of carbonyl (C=O) groups is 2. The third kappa shape index (κ3) is 4.07. The van der Waals surface area contributed by atoms with E-state index >= 15 is 0 Å². The van der Waals surface area contributed by atoms with Crippen LogP contribution in [0.2, 0.25) is 0 Å². The van der Waals surface area contributed by atoms with Crippen molar-refractivity contribution in [1.82, 2.24) is 15.1 Å². The van der Waals surface area contributed by atoms with Crippen molar-refractivity contribution in [2.24, 2.45) is 0 Å². The number of aliphatic carboxylic acids is 1. The van der Waals surface area contributed by atoms with Gasteiger partial charge in [-0.2, -0.15) is 0 Å². The molecule has 2 N–H and O–H groups in total. The molecule has 7 nitrogen and oxygen atoms in total. The molecular weight excluding hydrogens is 274 g/mol. The molecule has 1 saturated heterocycles. The first-order chi connectivity index (χ1) is 10.0. The molecule has 0 aromatic carbocycles. The Bertz CT molecular complexity index is 382. The summed E-state index contributed by atoms with van der Waals surface area (Å²) >= 11 is 0. The van der Waals surface area contributed by atoms with Crippen LogP contribution >= 0.6 is 0 Å². The molecule has 1 heterocycles. The molecule has 21 heavy (non-hydrogen) atoms. The fourth-order valence-corrected chi connectivity index (χ4v) is 3.02. The Kier molecular flexibility index (Phi) is 5.41. The highest BCUT2D eigenvalue weighted by Gasteiger charge is 2.30. The van der Waals surface area contributed by atoms with Crippen molar-refractivity contribution in [3.8, 4) is 0 Å². The standard InChI is InChI=1S/C14H25N3O4/c1-10(13(18)19)16-5-7-17(8-6-16)14(20)15-11-3-4-12(9-11)21-2/h10-12H,3-9H2,1-2H3,(H,15,20)(H,18,19). The number of urea groups is 1. The smallest absolute Gasteiger partial charge is 0.320 e. The van der Waals surface area contributed by atoms with Gasteiger partial charge in [-0.05, 0) is 26.2 Å². The van der Waals surface area contributed by atoms with Crippen molar-refractivity contribution >= 4 is 12.0 Å². The highest BCUT2D eigenvalue weighted by atomic mass is 16.5. The highest BCUT2D eigenvalue weighted by molar-refractivity contribution is 5.75. The third-order valence-corrected chi connectivity index (χ3v) is 4.55. The Labute approximate surface area is 125 Å². The van der Waals surface area contributed by atoms with Crippen LogP contribution in [0.5, 0.6) is 0 Å². The van der Waals surface area contributed by atoms with E-state index in [4.69, 9.17) is 9.84 Å². The molecular formula is C14H25N3O4. The van der Waals surface area contributed by atoms with Gasteiger partial charge in [0.1, 0.15) is 6.04 Å². The molecule has 2 rings (SSSR count). The third-order valence-electron chi connectivity index (χ3n) is 4.55. The summed E-state index contributed by atoms with van der Waals surface area (Å²) < 4.78 is 5.30. The van der Waals surface area contributed by atoms with Crippen LogP contribution in [0.15, 0.2) is 0 Å². The van der Waals surface area contributed by atoms with Gasteiger partial charge in [0.2, 0.25) is 0 Å². The minimum atomic E-state index is -0.815. The van der Waals surface area contributed by atoms with Gasteiger partial charge in [-0.3, -0.25) is 9.69 Å². The minimum Gasteiger partial charge on any atom is -0.480 e. The first kappa shape index (κ1) is 16.0. The molecule has 1 saturated carbocycles. The first-order valence-electron chi connectivity index (χ1n) is 7.56. The van der Waals surface area contributed by atoms with Crippen LogP contribution in [0.1, 0.15) is 26.2 Å². The Hall–Kier alpha value is -1.34. The molecule has 3 unspecified atom stereocenters. The number of amides is 2. The van der Waals surface area contributed by atoms with Gasteiger partial charge < -0.3 is 20.1 Å². The number of piperazine rings is 1. The lowest BCUT2D eigenvalue weighted by atomic mass is 10.2. The first-order valence-corrected chi connectivity index (χ1v) is 7.56. The van der Waals surface area contributed by atoms with Gasteiger partial charge in [0, 0.05) is 39.3 Å². The van der Waals surface area contributed by atoms with Crippen molar-refractivity contribution in [3.05, 3.63) is 0 Å². The molecule has 0 aromatic heterocycles. The predicted molar refractivity (Wildman–Crippen MR) is 77.2 cm³/mol. The summed E-state index contributed by atoms with van der Waals surface area (Å²) in [6, 6.07) is -0.342. The summed E-state index contributed by atoms with van der Waals surface area (Å²) in [6.07, 6.45) is 3.08. The summed E-state index contributed by atoms with van der Waals surface area (Å²) in [5.41, 5.74) is 0. The fourth-order valence-electron chi connectivity index (χ4n) is 3.02. The number of ether oxygens (including phenoxy) is 1. The average molecular weight is 299 g/mol. The Balaban J connectivity index is 1.74. The van der Waals surface area contributed by atoms with Crippen LogP contribution in [-0.2, 0) is 9.53 Å². The number of carboxylic acid groups (broad SMARTS) is 1. The summed E-state index contributed by atoms with van der Waals surface area (Å²) in [5, 5.41) is 12.1. The zero-order chi connectivity index (χ0) is 15.4. The van der Waals surface area contributed by atoms with E-state index in [2.05, 4.69) is 5.32 Å². The second-order valence-electron chi connectivity index (χ2n) is 5.85. The number of hydrogen-bond donors (Lipinski definition) is 2. The topological polar surface area (TPSA) is 82.1 Å². The van der Waals surface area contributed by atoms with Crippen LogP contribution in [0.4, 0.5) is 4.79 Å². The molecule has 0 aromatic rings. The van der Waals surface area contributed by atoms with Crippen molar-refractivity contribution in [3.63, 3.8) is 0 Å². The van der Waals surface area contributed by atoms with Gasteiger partial charge in [0.25, 0.3) is 0 Å². The Morgan fingerprint density at radius 3 is 2.43 bits per heavy atom. The summed E-state index contributed by atoms with van der Waals surface area (Å²) in [7, 11) is 1.71. The van der Waals surface area contributed by atoms with Crippen LogP contribution < -0.4 is 5.32 Å². The van der Waals surface area contributed by atoms with Gasteiger partial charge in [0.15, 0.2) is 0 Å². The maximum absolute atomic E-state index is 12.2. The van der Waals surface area contributed by atoms with Gasteiger partial charge in [0.05, 0.1) is 6.10 Å². The largest absolute Gasteiger partial charge is 0.480 e. The number of carboxylic acids is 1. The molecule has 7 heteroatoms. The van der Waals surface area contributed by atoms with E-state index in [-0.39, 0.29) is 18.2 Å². The molecule has 1 aliphatic heterocycles. The van der Waals surface area contributed by atoms with E-state index in [9.17, 15) is 9.59 Å². The monoisotopic (exact) mass is 299 g/mol. The summed E-state index contributed by atoms with van der Waals surface area (Å²) in [4.78, 5) is 26.8. The van der Waals surface area contributed by atoms with Crippen molar-refractivity contribution < 1.29 is 19.4 Å². The molecule has 120 valence electrons. The molecule has 2 amide bonds. The number of carbonyl (C=O) groups excluding carboxylic acids is 1. The van der Waals surface area contributed by atoms with E-state index in [0.29, 0.717) is 26.2 Å². The highest BCUT2D eigenvalue weighted by Crippen LogP contribution is 2.21. The van der Waals surface area contributed by atoms with Gasteiger partial charge in [-0.25, -0.2) is 4.79 Å². The molecule has 0 radical (unpaired) electrons. The number of nitrogens with zero attached hydrogens (tertiary/aromatic N) is 2. The van der Waals surface area contributed by atoms with Crippen molar-refractivity contribution in [2.75, 3.05) is 33.3 Å². The zero-order valence-corrected chi connectivity index (χ0v) is 12.7. The quantitative estimate of drug-likeness (QED) is 0.783. The number of methoxy groups -OCH3 is 1. The van der Waals surface area contributed by atoms with Crippen molar-refractivity contribution in [1.29, 1.82) is 0 Å². The van der Waals surface area contributed by atoms with Crippen LogP contribution in [0.25, 0.3) is 0 Å². The van der Waals surface area contributed by atoms with Gasteiger partial charge >= 0.3 is 12.0 Å². The second kappa shape index (κ2) is 7.09. The summed E-state index contributed by atoms with van der Waals surface area (Å²) in [5.74, 6) is -0.815. The van der Waals surface area contributed by atoms with Crippen LogP contribution in [-0.4, -0.2) is 78.4 Å². The van der Waals surface area contributed by atoms with Gasteiger partial charge in [-0.1, -0.05) is 0 Å². The lowest BCUT2D eigenvalue weighted by molar-refractivity contribution is -0.143. The number of rotatable bonds is 4. The molecule has 2 aliphatic rings. The van der Waals surface area contributed by atoms with E-state index in [1.807, 2.05) is 4.90 Å². The maximum Gasteiger partial charge on any atom is 0.320 e. The van der Waals surface area contributed by atoms with E-state index in [0.717, 1.165) is 19.3 Å². The molecule has 0 spiro atoms. The predicted octanol–water partition coefficient (Wildman–Crippen LogP) is 0.354. The number of hydrogen-bond acceptors (Lipinski definition) is 4. The lowest BCUT2D eigenvalue weighted by Gasteiger charge is -2.37. The molecule has 2 fully saturated rings. The van der Waals surface area contributed by atoms with E-state index < -0.39 is 12.0 Å². The number of nitrogens with one attached hydrogen (secondary N) is 1. The molecule has 0 bridgehead atoms. The zero-order valence-electron chi connectivity index (χ0n) is 12.7. The lowest BCUT2D eigenvalue weighted by Crippen LogP contribution is -2.56. The summed E-state index contributed by atoms with van der Waals surface area (Å²) in [6.45, 7) is 4.04. The molecule has 3 atom stereocenters. The van der Waals surface area contributed by atoms with Crippen molar-refractivity contribution in [2.45, 2.75) is 44.4 Å². The molecule has 1 aliphatic carbocycles. The van der Waals surface area contributed by atoms with Crippen LogP contribution in [0, 0.1) is 0 Å². The maximum atomic E-state index is 12.2. The average Bonchev–Trinajstić information content (AvgIpc) is 2.94. The SMILES string of the molecule is COC1CCC(NC(=O)N2CCN(C(C)C(=O)O)CC2)C1. The Morgan fingerprint density at radius 2 is 1.90 bits per heavy atom. The Morgan fingerprint density at radius 1 is 1.24 bits per heavy atom. The van der Waals surface area contributed by atoms with E-state index in [1.54, 1.807) is 18.9 Å².